The van der Waals surface area contributed by atoms with E-state index in [0.717, 1.165) is 32.7 Å². The van der Waals surface area contributed by atoms with Crippen LogP contribution in [0.5, 0.6) is 5.88 Å². The van der Waals surface area contributed by atoms with Crippen molar-refractivity contribution in [2.24, 2.45) is 0 Å². The van der Waals surface area contributed by atoms with Gasteiger partial charge in [0.15, 0.2) is 0 Å². The second kappa shape index (κ2) is 8.22. The molecule has 1 unspecified atom stereocenters. The average Bonchev–Trinajstić information content (AvgIpc) is 2.82. The molecule has 7 heteroatoms. The highest BCUT2D eigenvalue weighted by Gasteiger charge is 2.18. The Labute approximate surface area is 145 Å². The van der Waals surface area contributed by atoms with Crippen molar-refractivity contribution in [3.8, 4) is 5.88 Å². The maximum absolute atomic E-state index is 5.16. The van der Waals surface area contributed by atoms with Crippen LogP contribution in [0, 0.1) is 0 Å². The Balaban J connectivity index is 2.21. The molecule has 1 N–H and O–H groups in total. The number of nitrogens with one attached hydrogen (secondary N) is 1. The molecule has 114 valence electrons. The van der Waals surface area contributed by atoms with Gasteiger partial charge in [0.1, 0.15) is 6.33 Å². The third kappa shape index (κ3) is 4.74. The van der Waals surface area contributed by atoms with Crippen LogP contribution in [-0.4, -0.2) is 23.6 Å². The fourth-order valence-electron chi connectivity index (χ4n) is 2.01. The Morgan fingerprint density at radius 3 is 2.76 bits per heavy atom. The van der Waals surface area contributed by atoms with Gasteiger partial charge in [-0.3, -0.25) is 0 Å². The monoisotopic (exact) mass is 433 g/mol. The lowest BCUT2D eigenvalue weighted by atomic mass is 10.0. The zero-order valence-electron chi connectivity index (χ0n) is 11.9. The van der Waals surface area contributed by atoms with Crippen molar-refractivity contribution in [2.75, 3.05) is 13.7 Å². The Morgan fingerprint density at radius 2 is 2.14 bits per heavy atom. The zero-order chi connectivity index (χ0) is 15.2. The van der Waals surface area contributed by atoms with Gasteiger partial charge in [0.25, 0.3) is 0 Å². The van der Waals surface area contributed by atoms with Crippen LogP contribution >= 0.6 is 43.2 Å². The minimum absolute atomic E-state index is 0.210. The first-order valence-electron chi connectivity index (χ1n) is 6.67. The molecule has 2 heterocycles. The summed E-state index contributed by atoms with van der Waals surface area (Å²) in [7, 11) is 1.62. The summed E-state index contributed by atoms with van der Waals surface area (Å²) in [6, 6.07) is 4.25. The Hall–Kier alpha value is -0.500. The van der Waals surface area contributed by atoms with Crippen LogP contribution in [-0.2, 0) is 6.42 Å². The maximum atomic E-state index is 5.16. The van der Waals surface area contributed by atoms with Gasteiger partial charge in [-0.05, 0) is 56.5 Å². The summed E-state index contributed by atoms with van der Waals surface area (Å²) in [6.45, 7) is 3.13. The summed E-state index contributed by atoms with van der Waals surface area (Å²) in [5.74, 6) is 0.597. The molecular formula is C14H17Br2N3OS. The Bertz CT molecular complexity index is 591. The smallest absolute Gasteiger partial charge is 0.216 e. The molecule has 1 atom stereocenters. The van der Waals surface area contributed by atoms with Crippen molar-refractivity contribution in [1.82, 2.24) is 15.3 Å². The van der Waals surface area contributed by atoms with E-state index >= 15 is 0 Å². The van der Waals surface area contributed by atoms with E-state index in [1.165, 1.54) is 5.56 Å². The van der Waals surface area contributed by atoms with E-state index in [0.29, 0.717) is 5.88 Å². The summed E-state index contributed by atoms with van der Waals surface area (Å²) in [5, 5.41) is 3.58. The van der Waals surface area contributed by atoms with Gasteiger partial charge >= 0.3 is 0 Å². The first-order chi connectivity index (χ1) is 10.1. The van der Waals surface area contributed by atoms with Crippen molar-refractivity contribution in [3.05, 3.63) is 37.3 Å². The average molecular weight is 435 g/mol. The van der Waals surface area contributed by atoms with E-state index in [1.807, 2.05) is 6.07 Å². The van der Waals surface area contributed by atoms with Crippen molar-refractivity contribution in [1.29, 1.82) is 0 Å². The number of hydrogen-bond donors (Lipinski definition) is 1. The van der Waals surface area contributed by atoms with Gasteiger partial charge in [0.05, 0.1) is 14.7 Å². The first kappa shape index (κ1) is 16.9. The van der Waals surface area contributed by atoms with Crippen molar-refractivity contribution >= 4 is 43.2 Å². The van der Waals surface area contributed by atoms with Crippen molar-refractivity contribution in [3.63, 3.8) is 0 Å². The third-order valence-corrected chi connectivity index (χ3v) is 5.41. The molecule has 21 heavy (non-hydrogen) atoms. The largest absolute Gasteiger partial charge is 0.481 e. The molecular weight excluding hydrogens is 418 g/mol. The topological polar surface area (TPSA) is 47.0 Å². The van der Waals surface area contributed by atoms with Crippen molar-refractivity contribution < 1.29 is 4.74 Å². The van der Waals surface area contributed by atoms with E-state index in [9.17, 15) is 0 Å². The number of rotatable bonds is 7. The van der Waals surface area contributed by atoms with Crippen LogP contribution in [0.25, 0.3) is 0 Å². The molecule has 0 bridgehead atoms. The van der Waals surface area contributed by atoms with Crippen LogP contribution in [0.3, 0.4) is 0 Å². The highest BCUT2D eigenvalue weighted by molar-refractivity contribution is 9.12. The molecule has 2 aromatic heterocycles. The molecule has 0 aliphatic carbocycles. The molecule has 0 aliphatic heterocycles. The second-order valence-corrected chi connectivity index (χ2v) is 8.29. The number of halogens is 2. The van der Waals surface area contributed by atoms with Gasteiger partial charge in [-0.25, -0.2) is 9.97 Å². The van der Waals surface area contributed by atoms with Crippen molar-refractivity contribution in [2.45, 2.75) is 25.8 Å². The van der Waals surface area contributed by atoms with E-state index in [1.54, 1.807) is 24.8 Å². The molecule has 0 saturated heterocycles. The zero-order valence-corrected chi connectivity index (χ0v) is 15.9. The van der Waals surface area contributed by atoms with Crippen LogP contribution < -0.4 is 10.1 Å². The molecule has 0 aromatic carbocycles. The van der Waals surface area contributed by atoms with Gasteiger partial charge < -0.3 is 10.1 Å². The molecule has 0 saturated carbocycles. The van der Waals surface area contributed by atoms with Crippen LogP contribution in [0.1, 0.15) is 30.6 Å². The van der Waals surface area contributed by atoms with E-state index < -0.39 is 0 Å². The number of thiophene rings is 1. The van der Waals surface area contributed by atoms with Gasteiger partial charge in [-0.2, -0.15) is 0 Å². The van der Waals surface area contributed by atoms with Gasteiger partial charge in [0.2, 0.25) is 5.88 Å². The lowest BCUT2D eigenvalue weighted by Crippen LogP contribution is -2.24. The predicted molar refractivity (Wildman–Crippen MR) is 93.0 cm³/mol. The van der Waals surface area contributed by atoms with Crippen LogP contribution in [0.2, 0.25) is 0 Å². The normalized spacial score (nSPS) is 12.4. The molecule has 2 aromatic rings. The van der Waals surface area contributed by atoms with Crippen LogP contribution in [0.15, 0.2) is 26.0 Å². The lowest BCUT2D eigenvalue weighted by Gasteiger charge is -2.18. The summed E-state index contributed by atoms with van der Waals surface area (Å²) < 4.78 is 7.43. The Morgan fingerprint density at radius 1 is 1.33 bits per heavy atom. The number of methoxy groups -OCH3 is 1. The Kier molecular flexibility index (Phi) is 6.60. The number of aromatic nitrogens is 2. The van der Waals surface area contributed by atoms with Gasteiger partial charge in [-0.15, -0.1) is 11.3 Å². The van der Waals surface area contributed by atoms with E-state index in [2.05, 4.69) is 60.1 Å². The number of hydrogen-bond acceptors (Lipinski definition) is 5. The summed E-state index contributed by atoms with van der Waals surface area (Å²) in [6.07, 6.45) is 3.43. The quantitative estimate of drug-likeness (QED) is 0.703. The van der Waals surface area contributed by atoms with E-state index in [-0.39, 0.29) is 6.04 Å². The molecule has 0 aliphatic rings. The highest BCUT2D eigenvalue weighted by atomic mass is 79.9. The lowest BCUT2D eigenvalue weighted by molar-refractivity contribution is 0.395. The number of nitrogens with zero attached hydrogens (tertiary/aromatic N) is 2. The summed E-state index contributed by atoms with van der Waals surface area (Å²) in [4.78, 5) is 8.40. The minimum Gasteiger partial charge on any atom is -0.481 e. The standard InChI is InChI=1S/C14H17Br2N3OS/c1-3-4-17-11(10-7-12(15)21-14(10)16)5-9-6-13(20-2)19-8-18-9/h6-8,11,17H,3-5H2,1-2H3. The molecule has 2 rings (SSSR count). The van der Waals surface area contributed by atoms with Crippen LogP contribution in [0.4, 0.5) is 0 Å². The molecule has 0 spiro atoms. The second-order valence-electron chi connectivity index (χ2n) is 4.54. The fraction of sp³-hybridized carbons (Fsp3) is 0.429. The molecule has 4 nitrogen and oxygen atoms in total. The molecule has 0 radical (unpaired) electrons. The highest BCUT2D eigenvalue weighted by Crippen LogP contribution is 2.36. The number of ether oxygens (including phenoxy) is 1. The maximum Gasteiger partial charge on any atom is 0.216 e. The van der Waals surface area contributed by atoms with Gasteiger partial charge in [0, 0.05) is 24.2 Å². The molecule has 0 amide bonds. The SMILES string of the molecule is CCCNC(Cc1cc(OC)ncn1)c1cc(Br)sc1Br. The summed E-state index contributed by atoms with van der Waals surface area (Å²) in [5.41, 5.74) is 2.21. The predicted octanol–water partition coefficient (Wildman–Crippen LogP) is 4.36. The first-order valence-corrected chi connectivity index (χ1v) is 9.07. The fourth-order valence-corrected chi connectivity index (χ4v) is 4.98. The minimum atomic E-state index is 0.210. The molecule has 0 fully saturated rings. The van der Waals surface area contributed by atoms with E-state index in [4.69, 9.17) is 4.74 Å². The van der Waals surface area contributed by atoms with Gasteiger partial charge in [-0.1, -0.05) is 6.92 Å². The third-order valence-electron chi connectivity index (χ3n) is 3.02. The summed E-state index contributed by atoms with van der Waals surface area (Å²) >= 11 is 8.87.